The van der Waals surface area contributed by atoms with Crippen molar-refractivity contribution in [3.8, 4) is 0 Å². The number of hydrogen-bond donors (Lipinski definition) is 1. The molecule has 0 saturated heterocycles. The van der Waals surface area contributed by atoms with E-state index in [1.807, 2.05) is 6.92 Å². The molecule has 0 aliphatic rings. The van der Waals surface area contributed by atoms with Crippen LogP contribution in [0.3, 0.4) is 0 Å². The lowest BCUT2D eigenvalue weighted by Crippen LogP contribution is -2.24. The Kier molecular flexibility index (Phi) is 5.99. The summed E-state index contributed by atoms with van der Waals surface area (Å²) in [5.74, 6) is 0.902. The zero-order valence-electron chi connectivity index (χ0n) is 11.4. The first kappa shape index (κ1) is 14.8. The molecule has 1 amide bonds. The van der Waals surface area contributed by atoms with E-state index in [0.717, 1.165) is 11.3 Å². The molecule has 0 spiro atoms. The molecule has 1 rings (SSSR count). The normalized spacial score (nSPS) is 10.2. The first-order valence-corrected chi connectivity index (χ1v) is 7.08. The fourth-order valence-corrected chi connectivity index (χ4v) is 2.35. The lowest BCUT2D eigenvalue weighted by atomic mass is 10.1. The zero-order valence-corrected chi connectivity index (χ0v) is 12.2. The van der Waals surface area contributed by atoms with Gasteiger partial charge in [-0.05, 0) is 44.0 Å². The average Bonchev–Trinajstić information content (AvgIpc) is 2.31. The van der Waals surface area contributed by atoms with Crippen LogP contribution in [0.15, 0.2) is 35.2 Å². The van der Waals surface area contributed by atoms with Crippen molar-refractivity contribution < 1.29 is 4.79 Å². The highest BCUT2D eigenvalue weighted by Crippen LogP contribution is 2.21. The Morgan fingerprint density at radius 1 is 1.33 bits per heavy atom. The van der Waals surface area contributed by atoms with Crippen molar-refractivity contribution >= 4 is 17.7 Å². The maximum Gasteiger partial charge on any atom is 0.221 e. The van der Waals surface area contributed by atoms with Gasteiger partial charge in [-0.1, -0.05) is 18.2 Å². The minimum atomic E-state index is 0.0920. The number of thioether (sulfide) groups is 1. The molecule has 0 heterocycles. The molecular formula is C15H21NOS. The van der Waals surface area contributed by atoms with Crippen LogP contribution in [-0.2, 0) is 4.79 Å². The van der Waals surface area contributed by atoms with Gasteiger partial charge in [0.05, 0.1) is 0 Å². The monoisotopic (exact) mass is 263 g/mol. The fourth-order valence-electron chi connectivity index (χ4n) is 1.40. The van der Waals surface area contributed by atoms with E-state index in [2.05, 4.69) is 43.9 Å². The van der Waals surface area contributed by atoms with Crippen LogP contribution in [0.2, 0.25) is 0 Å². The van der Waals surface area contributed by atoms with Crippen LogP contribution in [0.1, 0.15) is 24.5 Å². The van der Waals surface area contributed by atoms with E-state index in [0.29, 0.717) is 13.0 Å². The Labute approximate surface area is 114 Å². The molecule has 0 fully saturated rings. The number of rotatable bonds is 6. The van der Waals surface area contributed by atoms with Crippen LogP contribution in [0.5, 0.6) is 0 Å². The maximum absolute atomic E-state index is 11.5. The smallest absolute Gasteiger partial charge is 0.221 e. The van der Waals surface area contributed by atoms with Gasteiger partial charge in [-0.2, -0.15) is 0 Å². The van der Waals surface area contributed by atoms with E-state index in [-0.39, 0.29) is 5.91 Å². The number of hydrogen-bond acceptors (Lipinski definition) is 2. The summed E-state index contributed by atoms with van der Waals surface area (Å²) in [6.07, 6.45) is 0.546. The van der Waals surface area contributed by atoms with Gasteiger partial charge in [0.15, 0.2) is 0 Å². The van der Waals surface area contributed by atoms with Gasteiger partial charge < -0.3 is 5.32 Å². The van der Waals surface area contributed by atoms with Gasteiger partial charge in [-0.15, -0.1) is 11.8 Å². The molecule has 0 bridgehead atoms. The number of nitrogens with one attached hydrogen (secondary N) is 1. The molecule has 0 aliphatic carbocycles. The second-order valence-electron chi connectivity index (χ2n) is 4.58. The molecule has 18 heavy (non-hydrogen) atoms. The summed E-state index contributed by atoms with van der Waals surface area (Å²) in [7, 11) is 0. The fraction of sp³-hybridized carbons (Fsp3) is 0.400. The number of benzene rings is 1. The van der Waals surface area contributed by atoms with Crippen molar-refractivity contribution in [1.82, 2.24) is 5.32 Å². The van der Waals surface area contributed by atoms with Crippen molar-refractivity contribution in [2.45, 2.75) is 32.1 Å². The highest BCUT2D eigenvalue weighted by atomic mass is 32.2. The van der Waals surface area contributed by atoms with E-state index < -0.39 is 0 Å². The molecular weight excluding hydrogens is 242 g/mol. The SMILES string of the molecule is C=C(C)CNC(=O)CCSc1ccc(C)c(C)c1. The second kappa shape index (κ2) is 7.27. The van der Waals surface area contributed by atoms with Gasteiger partial charge in [-0.25, -0.2) is 0 Å². The summed E-state index contributed by atoms with van der Waals surface area (Å²) in [4.78, 5) is 12.7. The first-order chi connectivity index (χ1) is 8.49. The Balaban J connectivity index is 2.30. The highest BCUT2D eigenvalue weighted by Gasteiger charge is 2.02. The molecule has 1 aromatic rings. The van der Waals surface area contributed by atoms with E-state index in [4.69, 9.17) is 0 Å². The molecule has 3 heteroatoms. The summed E-state index contributed by atoms with van der Waals surface area (Å²) >= 11 is 1.72. The van der Waals surface area contributed by atoms with Crippen LogP contribution in [-0.4, -0.2) is 18.2 Å². The van der Waals surface area contributed by atoms with E-state index in [1.54, 1.807) is 11.8 Å². The van der Waals surface area contributed by atoms with Crippen LogP contribution in [0.25, 0.3) is 0 Å². The number of aryl methyl sites for hydroxylation is 2. The Hall–Kier alpha value is -1.22. The molecule has 1 N–H and O–H groups in total. The topological polar surface area (TPSA) is 29.1 Å². The quantitative estimate of drug-likeness (QED) is 0.629. The third-order valence-electron chi connectivity index (χ3n) is 2.66. The number of amides is 1. The van der Waals surface area contributed by atoms with Crippen LogP contribution < -0.4 is 5.32 Å². The van der Waals surface area contributed by atoms with Gasteiger partial charge >= 0.3 is 0 Å². The van der Waals surface area contributed by atoms with Crippen molar-refractivity contribution in [2.24, 2.45) is 0 Å². The van der Waals surface area contributed by atoms with Crippen LogP contribution in [0.4, 0.5) is 0 Å². The lowest BCUT2D eigenvalue weighted by Gasteiger charge is -2.06. The molecule has 0 aromatic heterocycles. The van der Waals surface area contributed by atoms with E-state index >= 15 is 0 Å². The summed E-state index contributed by atoms with van der Waals surface area (Å²) < 4.78 is 0. The van der Waals surface area contributed by atoms with Crippen molar-refractivity contribution in [3.63, 3.8) is 0 Å². The molecule has 0 aliphatic heterocycles. The summed E-state index contributed by atoms with van der Waals surface area (Å²) in [5, 5.41) is 2.84. The molecule has 0 unspecified atom stereocenters. The Morgan fingerprint density at radius 2 is 2.06 bits per heavy atom. The van der Waals surface area contributed by atoms with Gasteiger partial charge in [0.25, 0.3) is 0 Å². The van der Waals surface area contributed by atoms with Crippen molar-refractivity contribution in [2.75, 3.05) is 12.3 Å². The molecule has 1 aromatic carbocycles. The number of carbonyl (C=O) groups is 1. The molecule has 2 nitrogen and oxygen atoms in total. The largest absolute Gasteiger partial charge is 0.352 e. The summed E-state index contributed by atoms with van der Waals surface area (Å²) in [6, 6.07) is 6.41. The minimum Gasteiger partial charge on any atom is -0.352 e. The third kappa shape index (κ3) is 5.41. The maximum atomic E-state index is 11.5. The predicted molar refractivity (Wildman–Crippen MR) is 79.1 cm³/mol. The standard InChI is InChI=1S/C15H21NOS/c1-11(2)10-16-15(17)7-8-18-14-6-5-12(3)13(4)9-14/h5-6,9H,1,7-8,10H2,2-4H3,(H,16,17). The minimum absolute atomic E-state index is 0.0920. The Morgan fingerprint density at radius 3 is 2.67 bits per heavy atom. The number of carbonyl (C=O) groups excluding carboxylic acids is 1. The van der Waals surface area contributed by atoms with E-state index in [9.17, 15) is 4.79 Å². The summed E-state index contributed by atoms with van der Waals surface area (Å²) in [6.45, 7) is 10.5. The molecule has 0 radical (unpaired) electrons. The van der Waals surface area contributed by atoms with Crippen molar-refractivity contribution in [1.29, 1.82) is 0 Å². The molecule has 98 valence electrons. The van der Waals surface area contributed by atoms with Gasteiger partial charge in [0, 0.05) is 23.6 Å². The lowest BCUT2D eigenvalue weighted by molar-refractivity contribution is -0.120. The van der Waals surface area contributed by atoms with Gasteiger partial charge in [0.1, 0.15) is 0 Å². The third-order valence-corrected chi connectivity index (χ3v) is 3.66. The van der Waals surface area contributed by atoms with Crippen LogP contribution >= 0.6 is 11.8 Å². The first-order valence-electron chi connectivity index (χ1n) is 6.10. The molecule has 0 atom stereocenters. The van der Waals surface area contributed by atoms with Gasteiger partial charge in [0.2, 0.25) is 5.91 Å². The summed E-state index contributed by atoms with van der Waals surface area (Å²) in [5.41, 5.74) is 3.58. The predicted octanol–water partition coefficient (Wildman–Crippen LogP) is 3.48. The van der Waals surface area contributed by atoms with Gasteiger partial charge in [-0.3, -0.25) is 4.79 Å². The molecule has 0 saturated carbocycles. The van der Waals surface area contributed by atoms with Crippen LogP contribution in [0, 0.1) is 13.8 Å². The van der Waals surface area contributed by atoms with E-state index in [1.165, 1.54) is 16.0 Å². The second-order valence-corrected chi connectivity index (χ2v) is 5.75. The highest BCUT2D eigenvalue weighted by molar-refractivity contribution is 7.99. The Bertz CT molecular complexity index is 440. The van der Waals surface area contributed by atoms with Crippen molar-refractivity contribution in [3.05, 3.63) is 41.5 Å². The zero-order chi connectivity index (χ0) is 13.5. The average molecular weight is 263 g/mol.